The van der Waals surface area contributed by atoms with Crippen LogP contribution in [-0.4, -0.2) is 23.6 Å². The number of allylic oxidation sites excluding steroid dienone is 2. The van der Waals surface area contributed by atoms with Gasteiger partial charge in [0.1, 0.15) is 6.10 Å². The molecule has 19 heavy (non-hydrogen) atoms. The zero-order valence-electron chi connectivity index (χ0n) is 12.3. The van der Waals surface area contributed by atoms with Gasteiger partial charge in [0, 0.05) is 6.92 Å². The molecule has 2 unspecified atom stereocenters. The first-order valence-electron chi connectivity index (χ1n) is 6.57. The molecular formula is C15H22O4. The van der Waals surface area contributed by atoms with Crippen molar-refractivity contribution < 1.29 is 19.1 Å². The number of hydrogen-bond acceptors (Lipinski definition) is 4. The van der Waals surface area contributed by atoms with E-state index in [1.165, 1.54) is 6.92 Å². The summed E-state index contributed by atoms with van der Waals surface area (Å²) < 4.78 is 5.16. The van der Waals surface area contributed by atoms with Crippen molar-refractivity contribution in [2.75, 3.05) is 0 Å². The van der Waals surface area contributed by atoms with Crippen molar-refractivity contribution in [3.63, 3.8) is 0 Å². The predicted octanol–water partition coefficient (Wildman–Crippen LogP) is 2.46. The number of ketones is 2. The topological polar surface area (TPSA) is 60.4 Å². The van der Waals surface area contributed by atoms with E-state index in [0.29, 0.717) is 12.0 Å². The normalized spacial score (nSPS) is 27.9. The molecule has 2 atom stereocenters. The minimum atomic E-state index is -0.512. The Kier molecular flexibility index (Phi) is 4.66. The Morgan fingerprint density at radius 2 is 1.95 bits per heavy atom. The molecule has 0 aromatic rings. The van der Waals surface area contributed by atoms with Crippen LogP contribution in [0.25, 0.3) is 0 Å². The zero-order valence-corrected chi connectivity index (χ0v) is 12.3. The Bertz CT molecular complexity index is 431. The second-order valence-corrected chi connectivity index (χ2v) is 5.97. The summed E-state index contributed by atoms with van der Waals surface area (Å²) in [5.74, 6) is -1.17. The molecule has 0 spiro atoms. The minimum absolute atomic E-state index is 0.0238. The molecule has 0 fully saturated rings. The second-order valence-electron chi connectivity index (χ2n) is 5.97. The van der Waals surface area contributed by atoms with Gasteiger partial charge in [-0.3, -0.25) is 14.4 Å². The fourth-order valence-electron chi connectivity index (χ4n) is 2.39. The lowest BCUT2D eigenvalue weighted by Gasteiger charge is -2.30. The Balaban J connectivity index is 3.09. The van der Waals surface area contributed by atoms with Crippen molar-refractivity contribution >= 4 is 17.5 Å². The van der Waals surface area contributed by atoms with E-state index in [1.54, 1.807) is 6.92 Å². The molecule has 0 radical (unpaired) electrons. The average molecular weight is 266 g/mol. The van der Waals surface area contributed by atoms with Crippen LogP contribution in [0.4, 0.5) is 0 Å². The lowest BCUT2D eigenvalue weighted by Crippen LogP contribution is -2.28. The lowest BCUT2D eigenvalue weighted by molar-refractivity contribution is -0.149. The largest absolute Gasteiger partial charge is 0.462 e. The summed E-state index contributed by atoms with van der Waals surface area (Å²) in [6, 6.07) is 0. The molecule has 0 saturated carbocycles. The maximum atomic E-state index is 11.9. The highest BCUT2D eigenvalue weighted by molar-refractivity contribution is 6.43. The van der Waals surface area contributed by atoms with E-state index in [2.05, 4.69) is 0 Å². The molecule has 106 valence electrons. The summed E-state index contributed by atoms with van der Waals surface area (Å²) in [5.41, 5.74) is 0.258. The fourth-order valence-corrected chi connectivity index (χ4v) is 2.39. The maximum absolute atomic E-state index is 11.9. The van der Waals surface area contributed by atoms with Crippen LogP contribution in [0.1, 0.15) is 47.5 Å². The van der Waals surface area contributed by atoms with Crippen LogP contribution in [0, 0.1) is 11.3 Å². The summed E-state index contributed by atoms with van der Waals surface area (Å²) in [4.78, 5) is 34.9. The van der Waals surface area contributed by atoms with Gasteiger partial charge in [0.25, 0.3) is 0 Å². The van der Waals surface area contributed by atoms with Gasteiger partial charge in [-0.2, -0.15) is 0 Å². The van der Waals surface area contributed by atoms with Crippen LogP contribution in [0.5, 0.6) is 0 Å². The third kappa shape index (κ3) is 4.01. The number of ether oxygens (including phenoxy) is 1. The molecule has 0 N–H and O–H groups in total. The van der Waals surface area contributed by atoms with E-state index in [1.807, 2.05) is 26.8 Å². The van der Waals surface area contributed by atoms with E-state index >= 15 is 0 Å². The summed E-state index contributed by atoms with van der Waals surface area (Å²) in [5, 5.41) is 0. The van der Waals surface area contributed by atoms with Crippen LogP contribution in [0.3, 0.4) is 0 Å². The highest BCUT2D eigenvalue weighted by Gasteiger charge is 2.33. The van der Waals surface area contributed by atoms with Gasteiger partial charge in [0.15, 0.2) is 0 Å². The van der Waals surface area contributed by atoms with Crippen molar-refractivity contribution in [1.82, 2.24) is 0 Å². The van der Waals surface area contributed by atoms with Gasteiger partial charge in [-0.1, -0.05) is 26.8 Å². The lowest BCUT2D eigenvalue weighted by atomic mass is 9.76. The summed E-state index contributed by atoms with van der Waals surface area (Å²) in [6.07, 6.45) is 1.90. The summed E-state index contributed by atoms with van der Waals surface area (Å²) in [7, 11) is 0. The van der Waals surface area contributed by atoms with Crippen molar-refractivity contribution in [3.05, 3.63) is 11.6 Å². The van der Waals surface area contributed by atoms with E-state index in [4.69, 9.17) is 4.74 Å². The second kappa shape index (κ2) is 5.68. The van der Waals surface area contributed by atoms with Gasteiger partial charge in [0.05, 0.1) is 6.42 Å². The molecule has 0 aromatic heterocycles. The molecule has 0 heterocycles. The highest BCUT2D eigenvalue weighted by atomic mass is 16.5. The van der Waals surface area contributed by atoms with Gasteiger partial charge in [0.2, 0.25) is 11.6 Å². The quantitative estimate of drug-likeness (QED) is 0.540. The van der Waals surface area contributed by atoms with E-state index in [-0.39, 0.29) is 17.8 Å². The highest BCUT2D eigenvalue weighted by Crippen LogP contribution is 2.35. The third-order valence-electron chi connectivity index (χ3n) is 3.83. The number of hydrogen-bond donors (Lipinski definition) is 0. The minimum Gasteiger partial charge on any atom is -0.462 e. The van der Waals surface area contributed by atoms with Gasteiger partial charge in [-0.25, -0.2) is 0 Å². The standard InChI is InChI=1S/C15H22O4/c1-9-8-15(4,5)10(2)6-12(19-11(3)16)7-13(17)14(9)18/h8,10,12H,6-7H2,1-5H3. The van der Waals surface area contributed by atoms with Gasteiger partial charge >= 0.3 is 5.97 Å². The zero-order chi connectivity index (χ0) is 14.8. The number of rotatable bonds is 1. The molecule has 1 rings (SSSR count). The Hall–Kier alpha value is -1.45. The predicted molar refractivity (Wildman–Crippen MR) is 71.5 cm³/mol. The van der Waals surface area contributed by atoms with Crippen molar-refractivity contribution in [2.45, 2.75) is 53.6 Å². The summed E-state index contributed by atoms with van der Waals surface area (Å²) >= 11 is 0. The molecule has 4 heteroatoms. The van der Waals surface area contributed by atoms with Crippen molar-refractivity contribution in [1.29, 1.82) is 0 Å². The first kappa shape index (κ1) is 15.6. The van der Waals surface area contributed by atoms with E-state index in [0.717, 1.165) is 0 Å². The Morgan fingerprint density at radius 3 is 2.47 bits per heavy atom. The number of carbonyl (C=O) groups excluding carboxylic acids is 3. The molecule has 0 amide bonds. The Labute approximate surface area is 114 Å². The van der Waals surface area contributed by atoms with E-state index < -0.39 is 23.6 Å². The number of Topliss-reactive ketones (excluding diaryl/α,β-unsaturated/α-hetero) is 2. The molecule has 1 aliphatic carbocycles. The van der Waals surface area contributed by atoms with Gasteiger partial charge in [-0.05, 0) is 30.3 Å². The van der Waals surface area contributed by atoms with Crippen LogP contribution in [-0.2, 0) is 19.1 Å². The molecular weight excluding hydrogens is 244 g/mol. The van der Waals surface area contributed by atoms with Gasteiger partial charge in [-0.15, -0.1) is 0 Å². The summed E-state index contributed by atoms with van der Waals surface area (Å²) in [6.45, 7) is 9.07. The number of carbonyl (C=O) groups is 3. The SMILES string of the molecule is CC(=O)OC1CC(=O)C(=O)C(C)=CC(C)(C)C(C)C1. The van der Waals surface area contributed by atoms with E-state index in [9.17, 15) is 14.4 Å². The maximum Gasteiger partial charge on any atom is 0.302 e. The first-order chi connectivity index (χ1) is 8.63. The average Bonchev–Trinajstić information content (AvgIpc) is 2.26. The molecule has 1 aliphatic rings. The first-order valence-corrected chi connectivity index (χ1v) is 6.57. The van der Waals surface area contributed by atoms with Crippen LogP contribution in [0.2, 0.25) is 0 Å². The van der Waals surface area contributed by atoms with Crippen LogP contribution in [0.15, 0.2) is 11.6 Å². The molecule has 0 saturated heterocycles. The fraction of sp³-hybridized carbons (Fsp3) is 0.667. The molecule has 0 bridgehead atoms. The molecule has 0 aromatic carbocycles. The Morgan fingerprint density at radius 1 is 1.37 bits per heavy atom. The molecule has 0 aliphatic heterocycles. The van der Waals surface area contributed by atoms with Crippen molar-refractivity contribution in [2.24, 2.45) is 11.3 Å². The monoisotopic (exact) mass is 266 g/mol. The van der Waals surface area contributed by atoms with Gasteiger partial charge < -0.3 is 4.74 Å². The smallest absolute Gasteiger partial charge is 0.302 e. The van der Waals surface area contributed by atoms with Crippen molar-refractivity contribution in [3.8, 4) is 0 Å². The molecule has 4 nitrogen and oxygen atoms in total. The number of esters is 1. The third-order valence-corrected chi connectivity index (χ3v) is 3.83. The van der Waals surface area contributed by atoms with Crippen LogP contribution >= 0.6 is 0 Å². The van der Waals surface area contributed by atoms with Crippen LogP contribution < -0.4 is 0 Å².